The molecule has 0 aliphatic heterocycles. The monoisotopic (exact) mass is 436 g/mol. The molecule has 1 aliphatic carbocycles. The summed E-state index contributed by atoms with van der Waals surface area (Å²) in [6.45, 7) is 8.93. The van der Waals surface area contributed by atoms with E-state index >= 15 is 0 Å². The number of methoxy groups -OCH3 is 1. The second-order valence-electron chi connectivity index (χ2n) is 9.64. The molecule has 2 rings (SSSR count). The molecule has 6 heteroatoms. The number of esters is 2. The SMILES string of the molecule is COc1cc(F)ccc1[C@H](C1CCCCC1)[C@H](C)OC(=O)[C@H](C)CC(=O)OC(C)(C)C. The summed E-state index contributed by atoms with van der Waals surface area (Å²) in [6, 6.07) is 4.54. The Hall–Kier alpha value is -2.11. The van der Waals surface area contributed by atoms with Gasteiger partial charge < -0.3 is 14.2 Å². The van der Waals surface area contributed by atoms with E-state index in [4.69, 9.17) is 14.2 Å². The van der Waals surface area contributed by atoms with Crippen LogP contribution in [0.5, 0.6) is 5.75 Å². The molecule has 1 fully saturated rings. The Morgan fingerprint density at radius 2 is 1.77 bits per heavy atom. The Morgan fingerprint density at radius 3 is 2.35 bits per heavy atom. The molecular formula is C25H37FO5. The largest absolute Gasteiger partial charge is 0.496 e. The number of halogens is 1. The van der Waals surface area contributed by atoms with E-state index in [1.54, 1.807) is 33.8 Å². The van der Waals surface area contributed by atoms with Gasteiger partial charge in [-0.1, -0.05) is 32.3 Å². The molecule has 5 nitrogen and oxygen atoms in total. The Labute approximate surface area is 185 Å². The lowest BCUT2D eigenvalue weighted by molar-refractivity contribution is -0.163. The first-order valence-electron chi connectivity index (χ1n) is 11.3. The molecule has 0 N–H and O–H groups in total. The standard InChI is InChI=1S/C25H37FO5/c1-16(14-22(27)31-25(3,4)5)24(28)30-17(2)23(18-10-8-7-9-11-18)20-13-12-19(26)15-21(20)29-6/h12-13,15-18,23H,7-11,14H2,1-6H3/t16-,17+,23+/m1/s1. The van der Waals surface area contributed by atoms with E-state index in [0.29, 0.717) is 11.7 Å². The number of carbonyl (C=O) groups excluding carboxylic acids is 2. The maximum Gasteiger partial charge on any atom is 0.309 e. The quantitative estimate of drug-likeness (QED) is 0.482. The Balaban J connectivity index is 2.17. The summed E-state index contributed by atoms with van der Waals surface area (Å²) < 4.78 is 30.4. The summed E-state index contributed by atoms with van der Waals surface area (Å²) in [5.41, 5.74) is 0.259. The van der Waals surface area contributed by atoms with Gasteiger partial charge in [0.15, 0.2) is 0 Å². The number of carbonyl (C=O) groups is 2. The molecular weight excluding hydrogens is 399 g/mol. The molecule has 0 heterocycles. The van der Waals surface area contributed by atoms with Crippen LogP contribution in [0.3, 0.4) is 0 Å². The maximum absolute atomic E-state index is 13.8. The third kappa shape index (κ3) is 7.51. The van der Waals surface area contributed by atoms with Crippen LogP contribution in [0.25, 0.3) is 0 Å². The first kappa shape index (κ1) is 25.2. The number of benzene rings is 1. The smallest absolute Gasteiger partial charge is 0.309 e. The molecule has 0 saturated heterocycles. The van der Waals surface area contributed by atoms with Crippen molar-refractivity contribution in [3.05, 3.63) is 29.6 Å². The van der Waals surface area contributed by atoms with E-state index in [2.05, 4.69) is 0 Å². The number of hydrogen-bond donors (Lipinski definition) is 0. The van der Waals surface area contributed by atoms with E-state index in [9.17, 15) is 14.0 Å². The average molecular weight is 437 g/mol. The highest BCUT2D eigenvalue weighted by molar-refractivity contribution is 5.80. The zero-order valence-electron chi connectivity index (χ0n) is 19.7. The van der Waals surface area contributed by atoms with Gasteiger partial charge >= 0.3 is 11.9 Å². The molecule has 1 saturated carbocycles. The first-order chi connectivity index (χ1) is 14.5. The zero-order chi connectivity index (χ0) is 23.2. The zero-order valence-corrected chi connectivity index (χ0v) is 19.7. The van der Waals surface area contributed by atoms with Gasteiger partial charge in [-0.15, -0.1) is 0 Å². The van der Waals surface area contributed by atoms with Crippen LogP contribution < -0.4 is 4.74 Å². The van der Waals surface area contributed by atoms with E-state index in [1.807, 2.05) is 6.92 Å². The molecule has 3 atom stereocenters. The molecule has 0 unspecified atom stereocenters. The van der Waals surface area contributed by atoms with Crippen molar-refractivity contribution in [2.45, 2.75) is 90.8 Å². The fourth-order valence-electron chi connectivity index (χ4n) is 4.43. The van der Waals surface area contributed by atoms with Gasteiger partial charge in [0, 0.05) is 17.5 Å². The minimum atomic E-state index is -0.612. The minimum absolute atomic E-state index is 0.0310. The van der Waals surface area contributed by atoms with Crippen molar-refractivity contribution in [1.29, 1.82) is 0 Å². The van der Waals surface area contributed by atoms with Gasteiger partial charge in [0.05, 0.1) is 19.4 Å². The second-order valence-corrected chi connectivity index (χ2v) is 9.64. The van der Waals surface area contributed by atoms with Crippen molar-refractivity contribution in [3.63, 3.8) is 0 Å². The van der Waals surface area contributed by atoms with Crippen molar-refractivity contribution < 1.29 is 28.2 Å². The molecule has 0 spiro atoms. The van der Waals surface area contributed by atoms with Crippen LogP contribution in [0.15, 0.2) is 18.2 Å². The third-order valence-electron chi connectivity index (χ3n) is 5.82. The van der Waals surface area contributed by atoms with E-state index in [-0.39, 0.29) is 18.2 Å². The third-order valence-corrected chi connectivity index (χ3v) is 5.82. The van der Waals surface area contributed by atoms with Gasteiger partial charge in [0.1, 0.15) is 23.3 Å². The highest BCUT2D eigenvalue weighted by Crippen LogP contribution is 2.42. The summed E-state index contributed by atoms with van der Waals surface area (Å²) in [5.74, 6) is -1.14. The van der Waals surface area contributed by atoms with Crippen LogP contribution in [0.2, 0.25) is 0 Å². The Kier molecular flexibility index (Phi) is 8.90. The van der Waals surface area contributed by atoms with Crippen LogP contribution in [0.1, 0.15) is 84.6 Å². The number of rotatable bonds is 8. The maximum atomic E-state index is 13.8. The van der Waals surface area contributed by atoms with Crippen LogP contribution in [0, 0.1) is 17.7 Å². The van der Waals surface area contributed by atoms with E-state index < -0.39 is 29.6 Å². The summed E-state index contributed by atoms with van der Waals surface area (Å²) in [5, 5.41) is 0. The minimum Gasteiger partial charge on any atom is -0.496 e. The van der Waals surface area contributed by atoms with Gasteiger partial charge in [0.25, 0.3) is 0 Å². The van der Waals surface area contributed by atoms with Crippen molar-refractivity contribution >= 4 is 11.9 Å². The molecule has 1 aromatic carbocycles. The predicted molar refractivity (Wildman–Crippen MR) is 117 cm³/mol. The predicted octanol–water partition coefficient (Wildman–Crippen LogP) is 5.80. The van der Waals surface area contributed by atoms with Crippen LogP contribution in [0.4, 0.5) is 4.39 Å². The van der Waals surface area contributed by atoms with Crippen molar-refractivity contribution in [2.75, 3.05) is 7.11 Å². The van der Waals surface area contributed by atoms with Crippen LogP contribution >= 0.6 is 0 Å². The fraction of sp³-hybridized carbons (Fsp3) is 0.680. The number of ether oxygens (including phenoxy) is 3. The molecule has 0 amide bonds. The van der Waals surface area contributed by atoms with Gasteiger partial charge in [-0.25, -0.2) is 4.39 Å². The molecule has 31 heavy (non-hydrogen) atoms. The summed E-state index contributed by atoms with van der Waals surface area (Å²) in [7, 11) is 1.52. The Morgan fingerprint density at radius 1 is 1.13 bits per heavy atom. The van der Waals surface area contributed by atoms with E-state index in [0.717, 1.165) is 31.2 Å². The average Bonchev–Trinajstić information content (AvgIpc) is 2.68. The van der Waals surface area contributed by atoms with Gasteiger partial charge in [0.2, 0.25) is 0 Å². The van der Waals surface area contributed by atoms with Crippen LogP contribution in [-0.2, 0) is 19.1 Å². The lowest BCUT2D eigenvalue weighted by Crippen LogP contribution is -2.33. The second kappa shape index (κ2) is 11.0. The summed E-state index contributed by atoms with van der Waals surface area (Å²) in [4.78, 5) is 24.9. The molecule has 0 radical (unpaired) electrons. The van der Waals surface area contributed by atoms with Crippen molar-refractivity contribution in [2.24, 2.45) is 11.8 Å². The lowest BCUT2D eigenvalue weighted by atomic mass is 9.74. The lowest BCUT2D eigenvalue weighted by Gasteiger charge is -2.35. The number of hydrogen-bond acceptors (Lipinski definition) is 5. The fourth-order valence-corrected chi connectivity index (χ4v) is 4.43. The highest BCUT2D eigenvalue weighted by atomic mass is 19.1. The van der Waals surface area contributed by atoms with Crippen molar-refractivity contribution in [3.8, 4) is 5.75 Å². The summed E-state index contributed by atoms with van der Waals surface area (Å²) in [6.07, 6.45) is 5.04. The van der Waals surface area contributed by atoms with Gasteiger partial charge in [-0.2, -0.15) is 0 Å². The van der Waals surface area contributed by atoms with E-state index in [1.165, 1.54) is 25.7 Å². The first-order valence-corrected chi connectivity index (χ1v) is 11.3. The van der Waals surface area contributed by atoms with Gasteiger partial charge in [-0.3, -0.25) is 9.59 Å². The molecule has 1 aromatic rings. The Bertz CT molecular complexity index is 749. The van der Waals surface area contributed by atoms with Crippen molar-refractivity contribution in [1.82, 2.24) is 0 Å². The molecule has 1 aliphatic rings. The highest BCUT2D eigenvalue weighted by Gasteiger charge is 2.35. The molecule has 0 aromatic heterocycles. The van der Waals surface area contributed by atoms with Gasteiger partial charge in [-0.05, 0) is 52.5 Å². The van der Waals surface area contributed by atoms with Crippen LogP contribution in [-0.4, -0.2) is 30.8 Å². The topological polar surface area (TPSA) is 61.8 Å². The molecule has 174 valence electrons. The normalized spacial score (nSPS) is 18.0. The summed E-state index contributed by atoms with van der Waals surface area (Å²) >= 11 is 0. The molecule has 0 bridgehead atoms.